The normalized spacial score (nSPS) is 17.0. The zero-order valence-electron chi connectivity index (χ0n) is 14.8. The maximum atomic E-state index is 12.8. The molecule has 2 aliphatic heterocycles. The van der Waals surface area contributed by atoms with Crippen molar-refractivity contribution < 1.29 is 9.47 Å². The number of benzene rings is 1. The number of hydrogen-bond donors (Lipinski definition) is 1. The zero-order chi connectivity index (χ0) is 18.1. The highest BCUT2D eigenvalue weighted by atomic mass is 35.5. The van der Waals surface area contributed by atoms with E-state index in [2.05, 4.69) is 10.4 Å². The maximum absolute atomic E-state index is 12.8. The molecule has 26 heavy (non-hydrogen) atoms. The van der Waals surface area contributed by atoms with Gasteiger partial charge in [0.25, 0.3) is 0 Å². The Balaban J connectivity index is 1.60. The molecule has 8 heteroatoms. The fourth-order valence-electron chi connectivity index (χ4n) is 3.64. The Hall–Kier alpha value is -1.99. The predicted octanol–water partition coefficient (Wildman–Crippen LogP) is 2.04. The Labute approximate surface area is 156 Å². The van der Waals surface area contributed by atoms with Crippen LogP contribution in [0.1, 0.15) is 31.2 Å². The van der Waals surface area contributed by atoms with Crippen molar-refractivity contribution in [2.24, 2.45) is 5.92 Å². The second-order valence-corrected chi connectivity index (χ2v) is 7.20. The van der Waals surface area contributed by atoms with Gasteiger partial charge >= 0.3 is 5.69 Å². The van der Waals surface area contributed by atoms with Gasteiger partial charge in [0.05, 0.1) is 6.54 Å². The first-order valence-corrected chi connectivity index (χ1v) is 9.48. The molecule has 0 spiro atoms. The number of nitrogens with one attached hydrogen (secondary N) is 1. The fraction of sp³-hybridized carbons (Fsp3) is 0.556. The van der Waals surface area contributed by atoms with Crippen LogP contribution in [-0.4, -0.2) is 34.2 Å². The molecule has 2 aliphatic rings. The van der Waals surface area contributed by atoms with Gasteiger partial charge in [-0.3, -0.25) is 4.57 Å². The van der Waals surface area contributed by atoms with Crippen LogP contribution in [-0.2, 0) is 19.5 Å². The first-order chi connectivity index (χ1) is 12.7. The molecule has 0 amide bonds. The number of fused-ring (bicyclic) bond motifs is 1. The predicted molar refractivity (Wildman–Crippen MR) is 98.1 cm³/mol. The van der Waals surface area contributed by atoms with Gasteiger partial charge in [0.1, 0.15) is 5.82 Å². The lowest BCUT2D eigenvalue weighted by Gasteiger charge is -2.21. The summed E-state index contributed by atoms with van der Waals surface area (Å²) >= 11 is 6.35. The van der Waals surface area contributed by atoms with Gasteiger partial charge in [0.15, 0.2) is 11.5 Å². The molecule has 0 unspecified atom stereocenters. The van der Waals surface area contributed by atoms with Gasteiger partial charge in [-0.1, -0.05) is 11.6 Å². The molecule has 1 N–H and O–H groups in total. The fourth-order valence-corrected chi connectivity index (χ4v) is 3.86. The summed E-state index contributed by atoms with van der Waals surface area (Å²) in [5.74, 6) is 2.73. The molecule has 0 atom stereocenters. The van der Waals surface area contributed by atoms with E-state index in [0.717, 1.165) is 43.7 Å². The van der Waals surface area contributed by atoms with E-state index < -0.39 is 0 Å². The highest BCUT2D eigenvalue weighted by molar-refractivity contribution is 6.31. The SMILES string of the molecule is CCn1c(CC2CCNCC2)nn(Cc2cc3c(cc2Cl)OCO3)c1=O. The molecule has 1 saturated heterocycles. The largest absolute Gasteiger partial charge is 0.454 e. The minimum Gasteiger partial charge on any atom is -0.454 e. The quantitative estimate of drug-likeness (QED) is 0.862. The van der Waals surface area contributed by atoms with Crippen molar-refractivity contribution in [2.45, 2.75) is 39.3 Å². The molecule has 3 heterocycles. The van der Waals surface area contributed by atoms with Crippen LogP contribution >= 0.6 is 11.6 Å². The van der Waals surface area contributed by atoms with E-state index in [9.17, 15) is 4.79 Å². The number of piperidine rings is 1. The Bertz CT molecular complexity index is 855. The Kier molecular flexibility index (Phi) is 4.91. The lowest BCUT2D eigenvalue weighted by Crippen LogP contribution is -2.30. The monoisotopic (exact) mass is 378 g/mol. The Morgan fingerprint density at radius 1 is 1.27 bits per heavy atom. The molecule has 1 fully saturated rings. The number of nitrogens with zero attached hydrogens (tertiary/aromatic N) is 3. The van der Waals surface area contributed by atoms with Gasteiger partial charge in [-0.15, -0.1) is 0 Å². The van der Waals surface area contributed by atoms with Crippen LogP contribution in [0, 0.1) is 5.92 Å². The molecule has 4 rings (SSSR count). The maximum Gasteiger partial charge on any atom is 0.346 e. The molecule has 1 aromatic heterocycles. The number of ether oxygens (including phenoxy) is 2. The summed E-state index contributed by atoms with van der Waals surface area (Å²) < 4.78 is 14.0. The summed E-state index contributed by atoms with van der Waals surface area (Å²) in [5, 5.41) is 8.54. The van der Waals surface area contributed by atoms with Crippen molar-refractivity contribution in [2.75, 3.05) is 19.9 Å². The molecule has 0 aliphatic carbocycles. The summed E-state index contributed by atoms with van der Waals surface area (Å²) in [4.78, 5) is 12.8. The number of halogens is 1. The third-order valence-corrected chi connectivity index (χ3v) is 5.46. The summed E-state index contributed by atoms with van der Waals surface area (Å²) in [6.07, 6.45) is 3.09. The lowest BCUT2D eigenvalue weighted by molar-refractivity contribution is 0.174. The highest BCUT2D eigenvalue weighted by Crippen LogP contribution is 2.36. The van der Waals surface area contributed by atoms with Crippen LogP contribution in [0.4, 0.5) is 0 Å². The van der Waals surface area contributed by atoms with Gasteiger partial charge in [-0.2, -0.15) is 5.10 Å². The third kappa shape index (κ3) is 3.33. The van der Waals surface area contributed by atoms with E-state index in [1.165, 1.54) is 4.68 Å². The molecular formula is C18H23ClN4O3. The molecule has 2 aromatic rings. The Morgan fingerprint density at radius 3 is 2.73 bits per heavy atom. The molecular weight excluding hydrogens is 356 g/mol. The Morgan fingerprint density at radius 2 is 2.00 bits per heavy atom. The first kappa shape index (κ1) is 17.4. The van der Waals surface area contributed by atoms with Crippen LogP contribution in [0.5, 0.6) is 11.5 Å². The molecule has 0 saturated carbocycles. The standard InChI is InChI=1S/C18H23ClN4O3/c1-2-22-17(7-12-3-5-20-6-4-12)21-23(18(22)24)10-13-8-15-16(9-14(13)19)26-11-25-15/h8-9,12,20H,2-7,10-11H2,1H3. The molecule has 140 valence electrons. The van der Waals surface area contributed by atoms with Crippen LogP contribution in [0.2, 0.25) is 5.02 Å². The zero-order valence-corrected chi connectivity index (χ0v) is 15.6. The van der Waals surface area contributed by atoms with E-state index in [4.69, 9.17) is 21.1 Å². The summed E-state index contributed by atoms with van der Waals surface area (Å²) in [6.45, 7) is 5.18. The molecule has 7 nitrogen and oxygen atoms in total. The topological polar surface area (TPSA) is 70.3 Å². The number of hydrogen-bond acceptors (Lipinski definition) is 5. The lowest BCUT2D eigenvalue weighted by atomic mass is 9.94. The smallest absolute Gasteiger partial charge is 0.346 e. The molecule has 0 bridgehead atoms. The minimum absolute atomic E-state index is 0.0924. The van der Waals surface area contributed by atoms with E-state index in [0.29, 0.717) is 35.5 Å². The minimum atomic E-state index is -0.0924. The first-order valence-electron chi connectivity index (χ1n) is 9.11. The van der Waals surface area contributed by atoms with Gasteiger partial charge in [-0.25, -0.2) is 9.48 Å². The van der Waals surface area contributed by atoms with Gasteiger partial charge in [0.2, 0.25) is 6.79 Å². The number of aromatic nitrogens is 3. The van der Waals surface area contributed by atoms with Crippen LogP contribution in [0.25, 0.3) is 0 Å². The third-order valence-electron chi connectivity index (χ3n) is 5.11. The second kappa shape index (κ2) is 7.32. The highest BCUT2D eigenvalue weighted by Gasteiger charge is 2.21. The number of rotatable bonds is 5. The van der Waals surface area contributed by atoms with E-state index in [-0.39, 0.29) is 12.5 Å². The average molecular weight is 379 g/mol. The van der Waals surface area contributed by atoms with Gasteiger partial charge in [0, 0.05) is 24.1 Å². The van der Waals surface area contributed by atoms with E-state index in [1.54, 1.807) is 10.6 Å². The molecule has 0 radical (unpaired) electrons. The van der Waals surface area contributed by atoms with Crippen molar-refractivity contribution in [3.8, 4) is 11.5 Å². The summed E-state index contributed by atoms with van der Waals surface area (Å²) in [7, 11) is 0. The van der Waals surface area contributed by atoms with Gasteiger partial charge in [-0.05, 0) is 50.4 Å². The van der Waals surface area contributed by atoms with Gasteiger partial charge < -0.3 is 14.8 Å². The summed E-state index contributed by atoms with van der Waals surface area (Å²) in [5.41, 5.74) is 0.706. The average Bonchev–Trinajstić information content (AvgIpc) is 3.20. The van der Waals surface area contributed by atoms with Crippen molar-refractivity contribution in [3.05, 3.63) is 39.0 Å². The van der Waals surface area contributed by atoms with Crippen molar-refractivity contribution in [3.63, 3.8) is 0 Å². The van der Waals surface area contributed by atoms with Crippen molar-refractivity contribution in [1.82, 2.24) is 19.7 Å². The second-order valence-electron chi connectivity index (χ2n) is 6.80. The van der Waals surface area contributed by atoms with Crippen LogP contribution in [0.15, 0.2) is 16.9 Å². The van der Waals surface area contributed by atoms with Crippen molar-refractivity contribution in [1.29, 1.82) is 0 Å². The van der Waals surface area contributed by atoms with Crippen molar-refractivity contribution >= 4 is 11.6 Å². The van der Waals surface area contributed by atoms with Crippen LogP contribution in [0.3, 0.4) is 0 Å². The van der Waals surface area contributed by atoms with E-state index >= 15 is 0 Å². The molecule has 1 aromatic carbocycles. The van der Waals surface area contributed by atoms with E-state index in [1.807, 2.05) is 13.0 Å². The summed E-state index contributed by atoms with van der Waals surface area (Å²) in [6, 6.07) is 3.56. The van der Waals surface area contributed by atoms with Crippen LogP contribution < -0.4 is 20.5 Å².